The van der Waals surface area contributed by atoms with Crippen molar-refractivity contribution in [2.45, 2.75) is 53.9 Å². The van der Waals surface area contributed by atoms with Crippen LogP contribution in [0.3, 0.4) is 0 Å². The van der Waals surface area contributed by atoms with Crippen LogP contribution in [0.25, 0.3) is 0 Å². The van der Waals surface area contributed by atoms with Gasteiger partial charge in [0.2, 0.25) is 5.91 Å². The molecule has 0 aromatic heterocycles. The molecule has 0 aromatic rings. The van der Waals surface area contributed by atoms with E-state index in [0.29, 0.717) is 6.42 Å². The maximum atomic E-state index is 12.2. The fraction of sp³-hybridized carbons (Fsp3) is 0.684. The number of amides is 1. The zero-order valence-corrected chi connectivity index (χ0v) is 15.6. The van der Waals surface area contributed by atoms with E-state index in [-0.39, 0.29) is 16.7 Å². The molecule has 0 heterocycles. The molecule has 22 heavy (non-hydrogen) atoms. The van der Waals surface area contributed by atoms with Gasteiger partial charge in [0.15, 0.2) is 0 Å². The molecule has 126 valence electrons. The van der Waals surface area contributed by atoms with E-state index in [0.717, 1.165) is 25.1 Å². The summed E-state index contributed by atoms with van der Waals surface area (Å²) in [5.74, 6) is 0.222. The van der Waals surface area contributed by atoms with Crippen LogP contribution in [0.5, 0.6) is 0 Å². The average molecular weight is 306 g/mol. The monoisotopic (exact) mass is 306 g/mol. The van der Waals surface area contributed by atoms with E-state index in [1.165, 1.54) is 0 Å². The molecule has 0 unspecified atom stereocenters. The van der Waals surface area contributed by atoms with Crippen molar-refractivity contribution in [1.29, 1.82) is 0 Å². The van der Waals surface area contributed by atoms with Crippen molar-refractivity contribution < 1.29 is 4.79 Å². The van der Waals surface area contributed by atoms with Crippen LogP contribution in [0, 0.1) is 10.8 Å². The minimum absolute atomic E-state index is 0.0401. The summed E-state index contributed by atoms with van der Waals surface area (Å²) in [6.45, 7) is 15.2. The Morgan fingerprint density at radius 1 is 1.18 bits per heavy atom. The second-order valence-corrected chi connectivity index (χ2v) is 7.95. The van der Waals surface area contributed by atoms with Gasteiger partial charge in [-0.25, -0.2) is 0 Å². The predicted molar refractivity (Wildman–Crippen MR) is 97.4 cm³/mol. The van der Waals surface area contributed by atoms with Crippen LogP contribution in [0.1, 0.15) is 53.9 Å². The van der Waals surface area contributed by atoms with Gasteiger partial charge in [0.1, 0.15) is 0 Å². The molecule has 0 aliphatic heterocycles. The number of carbonyl (C=O) groups excluding carboxylic acids is 1. The molecule has 0 aliphatic rings. The molecule has 0 saturated carbocycles. The number of aliphatic imine (C=N–C) groups is 1. The van der Waals surface area contributed by atoms with Gasteiger partial charge in [0.25, 0.3) is 0 Å². The molecule has 0 fully saturated rings. The van der Waals surface area contributed by atoms with Gasteiger partial charge in [0, 0.05) is 32.8 Å². The lowest BCUT2D eigenvalue weighted by Crippen LogP contribution is -2.33. The van der Waals surface area contributed by atoms with Crippen LogP contribution in [0.4, 0.5) is 0 Å². The summed E-state index contributed by atoms with van der Waals surface area (Å²) in [5, 5.41) is 0. The van der Waals surface area contributed by atoms with Crippen molar-refractivity contribution in [2.75, 3.05) is 20.6 Å². The Kier molecular flexibility index (Phi) is 8.36. The summed E-state index contributed by atoms with van der Waals surface area (Å²) in [6.07, 6.45) is 8.13. The van der Waals surface area contributed by atoms with Gasteiger partial charge in [0.05, 0.1) is 0 Å². The number of hydrogen-bond acceptors (Lipinski definition) is 2. The third kappa shape index (κ3) is 9.54. The average Bonchev–Trinajstić information content (AvgIpc) is 2.38. The smallest absolute Gasteiger partial charge is 0.222 e. The topological polar surface area (TPSA) is 32.7 Å². The standard InChI is InChI=1S/C19H34N2O/c1-9-10-11-16(20-7)14-19(5,6)12-13-21(8)17(22)15-18(2,3)4/h9-11H,1,12-15H2,2-8H3/b11-10-,20-16?. The molecule has 0 bridgehead atoms. The minimum atomic E-state index is 0.0401. The molecule has 0 N–H and O–H groups in total. The van der Waals surface area contributed by atoms with Gasteiger partial charge in [-0.1, -0.05) is 53.3 Å². The van der Waals surface area contributed by atoms with Crippen molar-refractivity contribution in [2.24, 2.45) is 15.8 Å². The highest BCUT2D eigenvalue weighted by Gasteiger charge is 2.23. The van der Waals surface area contributed by atoms with E-state index in [9.17, 15) is 4.79 Å². The quantitative estimate of drug-likeness (QED) is 0.480. The van der Waals surface area contributed by atoms with E-state index < -0.39 is 0 Å². The fourth-order valence-corrected chi connectivity index (χ4v) is 2.15. The summed E-state index contributed by atoms with van der Waals surface area (Å²) >= 11 is 0. The van der Waals surface area contributed by atoms with Crippen molar-refractivity contribution in [3.05, 3.63) is 24.8 Å². The Hall–Kier alpha value is -1.38. The van der Waals surface area contributed by atoms with Gasteiger partial charge in [-0.05, 0) is 29.7 Å². The Morgan fingerprint density at radius 3 is 2.23 bits per heavy atom. The number of carbonyl (C=O) groups is 1. The molecule has 0 aromatic carbocycles. The first kappa shape index (κ1) is 20.6. The van der Waals surface area contributed by atoms with E-state index >= 15 is 0 Å². The van der Waals surface area contributed by atoms with E-state index in [2.05, 4.69) is 46.2 Å². The van der Waals surface area contributed by atoms with Crippen molar-refractivity contribution in [1.82, 2.24) is 4.90 Å². The molecule has 3 heteroatoms. The number of nitrogens with zero attached hydrogens (tertiary/aromatic N) is 2. The Morgan fingerprint density at radius 2 is 1.77 bits per heavy atom. The summed E-state index contributed by atoms with van der Waals surface area (Å²) in [7, 11) is 3.72. The van der Waals surface area contributed by atoms with Gasteiger partial charge < -0.3 is 4.90 Å². The lowest BCUT2D eigenvalue weighted by atomic mass is 9.83. The normalized spacial score (nSPS) is 13.5. The first-order valence-corrected chi connectivity index (χ1v) is 7.99. The zero-order valence-electron chi connectivity index (χ0n) is 15.6. The number of hydrogen-bond donors (Lipinski definition) is 0. The molecular formula is C19H34N2O. The summed E-state index contributed by atoms with van der Waals surface area (Å²) in [5.41, 5.74) is 1.21. The first-order valence-electron chi connectivity index (χ1n) is 7.99. The molecule has 0 rings (SSSR count). The second-order valence-electron chi connectivity index (χ2n) is 7.95. The third-order valence-corrected chi connectivity index (χ3v) is 3.60. The summed E-state index contributed by atoms with van der Waals surface area (Å²) in [4.78, 5) is 18.4. The molecule has 0 radical (unpaired) electrons. The Bertz CT molecular complexity index is 425. The highest BCUT2D eigenvalue weighted by atomic mass is 16.2. The highest BCUT2D eigenvalue weighted by molar-refractivity contribution is 5.95. The van der Waals surface area contributed by atoms with E-state index in [4.69, 9.17) is 0 Å². The second kappa shape index (κ2) is 8.92. The largest absolute Gasteiger partial charge is 0.346 e. The van der Waals surface area contributed by atoms with Gasteiger partial charge in [-0.2, -0.15) is 0 Å². The Balaban J connectivity index is 4.51. The van der Waals surface area contributed by atoms with Crippen LogP contribution in [-0.4, -0.2) is 37.2 Å². The third-order valence-electron chi connectivity index (χ3n) is 3.60. The molecule has 0 aliphatic carbocycles. The minimum Gasteiger partial charge on any atom is -0.346 e. The van der Waals surface area contributed by atoms with Crippen molar-refractivity contribution in [3.63, 3.8) is 0 Å². The number of allylic oxidation sites excluding steroid dienone is 3. The van der Waals surface area contributed by atoms with Crippen LogP contribution in [-0.2, 0) is 4.79 Å². The Labute approximate surface area is 137 Å². The van der Waals surface area contributed by atoms with E-state index in [1.807, 2.05) is 31.1 Å². The summed E-state index contributed by atoms with van der Waals surface area (Å²) in [6, 6.07) is 0. The summed E-state index contributed by atoms with van der Waals surface area (Å²) < 4.78 is 0. The SMILES string of the molecule is C=C/C=C\C(CC(C)(C)CCN(C)C(=O)CC(C)(C)C)=NC. The molecule has 0 saturated heterocycles. The van der Waals surface area contributed by atoms with Gasteiger partial charge in [-0.15, -0.1) is 0 Å². The maximum Gasteiger partial charge on any atom is 0.222 e. The van der Waals surface area contributed by atoms with Crippen LogP contribution in [0.15, 0.2) is 29.8 Å². The molecular weight excluding hydrogens is 272 g/mol. The van der Waals surface area contributed by atoms with Crippen LogP contribution < -0.4 is 0 Å². The molecule has 3 nitrogen and oxygen atoms in total. The highest BCUT2D eigenvalue weighted by Crippen LogP contribution is 2.27. The van der Waals surface area contributed by atoms with Crippen LogP contribution >= 0.6 is 0 Å². The predicted octanol–water partition coefficient (Wildman–Crippen LogP) is 4.50. The number of rotatable bonds is 8. The van der Waals surface area contributed by atoms with Gasteiger partial charge in [-0.3, -0.25) is 9.79 Å². The van der Waals surface area contributed by atoms with Crippen molar-refractivity contribution in [3.8, 4) is 0 Å². The molecule has 1 amide bonds. The van der Waals surface area contributed by atoms with E-state index in [1.54, 1.807) is 6.08 Å². The maximum absolute atomic E-state index is 12.2. The first-order chi connectivity index (χ1) is 10.0. The van der Waals surface area contributed by atoms with Crippen molar-refractivity contribution >= 4 is 11.6 Å². The lowest BCUT2D eigenvalue weighted by molar-refractivity contribution is -0.132. The van der Waals surface area contributed by atoms with Gasteiger partial charge >= 0.3 is 0 Å². The lowest BCUT2D eigenvalue weighted by Gasteiger charge is -2.29. The van der Waals surface area contributed by atoms with Crippen LogP contribution in [0.2, 0.25) is 0 Å². The molecule has 0 spiro atoms. The molecule has 0 atom stereocenters. The zero-order chi connectivity index (χ0) is 17.4. The fourth-order valence-electron chi connectivity index (χ4n) is 2.15.